The highest BCUT2D eigenvalue weighted by Crippen LogP contribution is 2.29. The van der Waals surface area contributed by atoms with Crippen LogP contribution in [0.25, 0.3) is 0 Å². The molecular weight excluding hydrogens is 103 g/mol. The number of hydrogen-bond acceptors (Lipinski definition) is 0. The van der Waals surface area contributed by atoms with Crippen molar-refractivity contribution < 1.29 is 0 Å². The van der Waals surface area contributed by atoms with Gasteiger partial charge in [-0.1, -0.05) is 13.8 Å². The van der Waals surface area contributed by atoms with Gasteiger partial charge in [-0.2, -0.15) is 0 Å². The summed E-state index contributed by atoms with van der Waals surface area (Å²) in [6.45, 7) is 8.38. The van der Waals surface area contributed by atoms with Crippen molar-refractivity contribution in [1.82, 2.24) is 0 Å². The van der Waals surface area contributed by atoms with Gasteiger partial charge in [-0.25, -0.2) is 0 Å². The predicted octanol–water partition coefficient (Wildman–Crippen LogP) is 2.34. The lowest BCUT2D eigenvalue weighted by Crippen LogP contribution is -1.80. The van der Waals surface area contributed by atoms with Crippen molar-refractivity contribution in [2.24, 2.45) is 0 Å². The van der Waals surface area contributed by atoms with Gasteiger partial charge < -0.3 is 0 Å². The van der Waals surface area contributed by atoms with Crippen LogP contribution in [-0.2, 0) is 0 Å². The minimum atomic E-state index is 0.359. The standard InChI is InChI=1S/C6H14P/c1-4-6-7(3)5-2/h1,4-6H2,2-3H3. The van der Waals surface area contributed by atoms with E-state index in [1.807, 2.05) is 0 Å². The van der Waals surface area contributed by atoms with Crippen molar-refractivity contribution >= 4 is 7.92 Å². The first kappa shape index (κ1) is 7.43. The van der Waals surface area contributed by atoms with E-state index in [2.05, 4.69) is 20.5 Å². The molecular formula is C6H14P. The first-order valence-corrected chi connectivity index (χ1v) is 4.95. The maximum absolute atomic E-state index is 3.79. The fraction of sp³-hybridized carbons (Fsp3) is 0.833. The topological polar surface area (TPSA) is 0 Å². The average Bonchev–Trinajstić information content (AvgIpc) is 1.68. The molecule has 1 heteroatoms. The Kier molecular flexibility index (Phi) is 4.87. The van der Waals surface area contributed by atoms with Gasteiger partial charge >= 0.3 is 0 Å². The molecule has 0 aromatic carbocycles. The third-order valence-electron chi connectivity index (χ3n) is 1.08. The molecule has 0 rings (SSSR count). The van der Waals surface area contributed by atoms with Gasteiger partial charge in [0.25, 0.3) is 0 Å². The molecule has 0 aromatic heterocycles. The van der Waals surface area contributed by atoms with Gasteiger partial charge in [-0.15, -0.1) is 7.92 Å². The Balaban J connectivity index is 2.83. The van der Waals surface area contributed by atoms with Crippen molar-refractivity contribution in [1.29, 1.82) is 0 Å². The molecule has 0 aliphatic heterocycles. The molecule has 1 radical (unpaired) electrons. The van der Waals surface area contributed by atoms with Crippen LogP contribution in [0.4, 0.5) is 0 Å². The van der Waals surface area contributed by atoms with Crippen LogP contribution < -0.4 is 0 Å². The van der Waals surface area contributed by atoms with E-state index in [-0.39, 0.29) is 0 Å². The summed E-state index contributed by atoms with van der Waals surface area (Å²) in [6.07, 6.45) is 3.84. The minimum absolute atomic E-state index is 0.359. The molecule has 43 valence electrons. The smallest absolute Gasteiger partial charge is 0.0328 e. The van der Waals surface area contributed by atoms with Gasteiger partial charge in [0, 0.05) is 0 Å². The monoisotopic (exact) mass is 117 g/mol. The Labute approximate surface area is 48.1 Å². The SMILES string of the molecule is [CH2]CCP(C)CC. The van der Waals surface area contributed by atoms with Crippen LogP contribution in [-0.4, -0.2) is 19.0 Å². The van der Waals surface area contributed by atoms with Crippen LogP contribution in [0.1, 0.15) is 13.3 Å². The highest BCUT2D eigenvalue weighted by Gasteiger charge is 1.91. The van der Waals surface area contributed by atoms with Gasteiger partial charge in [-0.05, 0) is 25.4 Å². The van der Waals surface area contributed by atoms with E-state index in [1.165, 1.54) is 12.3 Å². The second kappa shape index (κ2) is 4.59. The van der Waals surface area contributed by atoms with E-state index >= 15 is 0 Å². The third-order valence-corrected chi connectivity index (χ3v) is 3.24. The largest absolute Gasteiger partial charge is 0.110 e. The molecule has 0 saturated heterocycles. The Morgan fingerprint density at radius 1 is 1.57 bits per heavy atom. The lowest BCUT2D eigenvalue weighted by Gasteiger charge is -2.03. The molecule has 0 nitrogen and oxygen atoms in total. The van der Waals surface area contributed by atoms with Crippen LogP contribution in [0.15, 0.2) is 0 Å². The number of rotatable bonds is 3. The molecule has 7 heavy (non-hydrogen) atoms. The summed E-state index contributed by atoms with van der Waals surface area (Å²) in [7, 11) is 0.359. The Bertz CT molecular complexity index is 35.2. The molecule has 0 bridgehead atoms. The van der Waals surface area contributed by atoms with Gasteiger partial charge in [0.1, 0.15) is 0 Å². The summed E-state index contributed by atoms with van der Waals surface area (Å²) in [5.41, 5.74) is 0. The van der Waals surface area contributed by atoms with Crippen LogP contribution >= 0.6 is 7.92 Å². The van der Waals surface area contributed by atoms with E-state index in [0.29, 0.717) is 7.92 Å². The molecule has 0 aliphatic carbocycles. The fourth-order valence-electron chi connectivity index (χ4n) is 0.428. The van der Waals surface area contributed by atoms with E-state index in [0.717, 1.165) is 6.42 Å². The maximum Gasteiger partial charge on any atom is -0.0328 e. The van der Waals surface area contributed by atoms with Crippen LogP contribution in [0.2, 0.25) is 0 Å². The molecule has 0 spiro atoms. The molecule has 0 heterocycles. The predicted molar refractivity (Wildman–Crippen MR) is 38.2 cm³/mol. The lowest BCUT2D eigenvalue weighted by molar-refractivity contribution is 1.22. The highest BCUT2D eigenvalue weighted by molar-refractivity contribution is 7.56. The molecule has 0 N–H and O–H groups in total. The zero-order valence-corrected chi connectivity index (χ0v) is 6.17. The first-order chi connectivity index (χ1) is 3.31. The molecule has 0 aliphatic rings. The second-order valence-corrected chi connectivity index (χ2v) is 4.54. The zero-order chi connectivity index (χ0) is 5.70. The van der Waals surface area contributed by atoms with E-state index in [1.54, 1.807) is 0 Å². The van der Waals surface area contributed by atoms with Gasteiger partial charge in [0.2, 0.25) is 0 Å². The summed E-state index contributed by atoms with van der Waals surface area (Å²) >= 11 is 0. The van der Waals surface area contributed by atoms with E-state index in [4.69, 9.17) is 0 Å². The molecule has 0 aromatic rings. The Morgan fingerprint density at radius 2 is 2.14 bits per heavy atom. The first-order valence-electron chi connectivity index (χ1n) is 2.79. The molecule has 1 atom stereocenters. The van der Waals surface area contributed by atoms with Crippen molar-refractivity contribution in [3.63, 3.8) is 0 Å². The van der Waals surface area contributed by atoms with Crippen molar-refractivity contribution in [2.75, 3.05) is 19.0 Å². The lowest BCUT2D eigenvalue weighted by atomic mass is 10.6. The third kappa shape index (κ3) is 4.28. The minimum Gasteiger partial charge on any atom is -0.110 e. The second-order valence-electron chi connectivity index (χ2n) is 1.75. The quantitative estimate of drug-likeness (QED) is 0.498. The van der Waals surface area contributed by atoms with E-state index < -0.39 is 0 Å². The summed E-state index contributed by atoms with van der Waals surface area (Å²) in [6, 6.07) is 0. The van der Waals surface area contributed by atoms with Gasteiger partial charge in [0.05, 0.1) is 0 Å². The molecule has 0 amide bonds. The summed E-state index contributed by atoms with van der Waals surface area (Å²) in [5.74, 6) is 0. The molecule has 0 fully saturated rings. The Morgan fingerprint density at radius 3 is 2.29 bits per heavy atom. The van der Waals surface area contributed by atoms with Gasteiger partial charge in [-0.3, -0.25) is 0 Å². The van der Waals surface area contributed by atoms with Crippen LogP contribution in [0.5, 0.6) is 0 Å². The summed E-state index contributed by atoms with van der Waals surface area (Å²) < 4.78 is 0. The van der Waals surface area contributed by atoms with Crippen molar-refractivity contribution in [2.45, 2.75) is 13.3 Å². The fourth-order valence-corrected chi connectivity index (χ4v) is 1.28. The normalized spacial score (nSPS) is 14.1. The van der Waals surface area contributed by atoms with Crippen LogP contribution in [0, 0.1) is 6.92 Å². The van der Waals surface area contributed by atoms with Crippen molar-refractivity contribution in [3.8, 4) is 0 Å². The van der Waals surface area contributed by atoms with E-state index in [9.17, 15) is 0 Å². The van der Waals surface area contributed by atoms with Crippen LogP contribution in [0.3, 0.4) is 0 Å². The summed E-state index contributed by atoms with van der Waals surface area (Å²) in [4.78, 5) is 0. The Hall–Kier alpha value is 0.430. The zero-order valence-electron chi connectivity index (χ0n) is 5.28. The summed E-state index contributed by atoms with van der Waals surface area (Å²) in [5, 5.41) is 0. The molecule has 1 unspecified atom stereocenters. The highest BCUT2D eigenvalue weighted by atomic mass is 31.1. The van der Waals surface area contributed by atoms with Gasteiger partial charge in [0.15, 0.2) is 0 Å². The molecule has 0 saturated carbocycles. The maximum atomic E-state index is 3.79. The number of hydrogen-bond donors (Lipinski definition) is 0. The average molecular weight is 117 g/mol. The van der Waals surface area contributed by atoms with Crippen molar-refractivity contribution in [3.05, 3.63) is 6.92 Å².